The summed E-state index contributed by atoms with van der Waals surface area (Å²) in [5.41, 5.74) is 4.63. The van der Waals surface area contributed by atoms with E-state index >= 15 is 0 Å². The minimum atomic E-state index is -0.706. The molecule has 0 saturated carbocycles. The molecule has 0 radical (unpaired) electrons. The molecule has 3 aromatic rings. The van der Waals surface area contributed by atoms with Crippen LogP contribution in [-0.4, -0.2) is 29.3 Å². The van der Waals surface area contributed by atoms with Gasteiger partial charge in [-0.05, 0) is 42.0 Å². The zero-order valence-electron chi connectivity index (χ0n) is 20.0. The van der Waals surface area contributed by atoms with Crippen molar-refractivity contribution in [2.75, 3.05) is 13.2 Å². The SMILES string of the molecule is Cc1cc(-c2ccc([C@H](C)N3CCC(CCCO)(c4ccccc4)OC3=O)cc2)cc(C)[n+]1[O-]. The Balaban J connectivity index is 1.52. The molecule has 6 nitrogen and oxygen atoms in total. The number of cyclic esters (lactones) is 1. The number of nitrogens with zero attached hydrogens (tertiary/aromatic N) is 2. The number of aryl methyl sites for hydroxylation is 2. The summed E-state index contributed by atoms with van der Waals surface area (Å²) < 4.78 is 7.02. The molecule has 1 amide bonds. The molecule has 0 spiro atoms. The van der Waals surface area contributed by atoms with Gasteiger partial charge < -0.3 is 20.0 Å². The molecule has 1 aliphatic rings. The molecule has 1 N–H and O–H groups in total. The predicted octanol–water partition coefficient (Wildman–Crippen LogP) is 5.18. The summed E-state index contributed by atoms with van der Waals surface area (Å²) >= 11 is 0. The van der Waals surface area contributed by atoms with E-state index in [1.165, 1.54) is 0 Å². The Hall–Kier alpha value is -3.38. The number of aliphatic hydroxyl groups is 1. The highest BCUT2D eigenvalue weighted by molar-refractivity contribution is 5.70. The summed E-state index contributed by atoms with van der Waals surface area (Å²) in [5.74, 6) is 0. The van der Waals surface area contributed by atoms with Gasteiger partial charge >= 0.3 is 6.09 Å². The highest BCUT2D eigenvalue weighted by Gasteiger charge is 2.43. The van der Waals surface area contributed by atoms with E-state index in [4.69, 9.17) is 4.74 Å². The second-order valence-corrected chi connectivity index (χ2v) is 9.12. The average molecular weight is 461 g/mol. The normalized spacial score (nSPS) is 19.1. The van der Waals surface area contributed by atoms with Gasteiger partial charge in [-0.2, -0.15) is 4.73 Å². The van der Waals surface area contributed by atoms with Gasteiger partial charge in [-0.3, -0.25) is 0 Å². The second-order valence-electron chi connectivity index (χ2n) is 9.12. The van der Waals surface area contributed by atoms with E-state index in [-0.39, 0.29) is 18.7 Å². The topological polar surface area (TPSA) is 76.7 Å². The van der Waals surface area contributed by atoms with E-state index in [1.54, 1.807) is 18.7 Å². The van der Waals surface area contributed by atoms with Gasteiger partial charge in [0.15, 0.2) is 11.4 Å². The third-order valence-corrected chi connectivity index (χ3v) is 6.88. The number of aliphatic hydroxyl groups excluding tert-OH is 1. The monoisotopic (exact) mass is 460 g/mol. The van der Waals surface area contributed by atoms with E-state index in [1.807, 2.05) is 73.7 Å². The van der Waals surface area contributed by atoms with Crippen LogP contribution >= 0.6 is 0 Å². The number of carbonyl (C=O) groups excluding carboxylic acids is 1. The molecule has 2 atom stereocenters. The van der Waals surface area contributed by atoms with Crippen LogP contribution in [0.1, 0.15) is 54.7 Å². The van der Waals surface area contributed by atoms with Gasteiger partial charge in [-0.25, -0.2) is 4.79 Å². The van der Waals surface area contributed by atoms with Crippen molar-refractivity contribution in [2.24, 2.45) is 0 Å². The van der Waals surface area contributed by atoms with E-state index in [0.29, 0.717) is 37.2 Å². The summed E-state index contributed by atoms with van der Waals surface area (Å²) in [6.45, 7) is 6.25. The lowest BCUT2D eigenvalue weighted by Gasteiger charge is -2.43. The maximum Gasteiger partial charge on any atom is 0.411 e. The Morgan fingerprint density at radius 3 is 2.29 bits per heavy atom. The largest absolute Gasteiger partial charge is 0.618 e. The first-order valence-electron chi connectivity index (χ1n) is 11.8. The number of ether oxygens (including phenoxy) is 1. The summed E-state index contributed by atoms with van der Waals surface area (Å²) in [4.78, 5) is 14.9. The lowest BCUT2D eigenvalue weighted by atomic mass is 9.84. The smallest absolute Gasteiger partial charge is 0.411 e. The summed E-state index contributed by atoms with van der Waals surface area (Å²) in [6, 6.07) is 21.6. The molecule has 2 aromatic carbocycles. The van der Waals surface area contributed by atoms with Gasteiger partial charge in [0.05, 0.1) is 6.04 Å². The Morgan fingerprint density at radius 2 is 1.71 bits per heavy atom. The van der Waals surface area contributed by atoms with Gasteiger partial charge in [-0.1, -0.05) is 54.6 Å². The molecule has 6 heteroatoms. The van der Waals surface area contributed by atoms with E-state index < -0.39 is 5.60 Å². The number of aromatic nitrogens is 1. The Labute approximate surface area is 201 Å². The Morgan fingerprint density at radius 1 is 1.06 bits per heavy atom. The lowest BCUT2D eigenvalue weighted by molar-refractivity contribution is -0.619. The zero-order chi connectivity index (χ0) is 24.3. The van der Waals surface area contributed by atoms with Crippen LogP contribution < -0.4 is 4.73 Å². The molecule has 1 aliphatic heterocycles. The molecule has 178 valence electrons. The van der Waals surface area contributed by atoms with Crippen LogP contribution in [0.4, 0.5) is 4.79 Å². The van der Waals surface area contributed by atoms with Crippen LogP contribution in [0.25, 0.3) is 11.1 Å². The van der Waals surface area contributed by atoms with Crippen LogP contribution in [0.2, 0.25) is 0 Å². The van der Waals surface area contributed by atoms with Crippen molar-refractivity contribution in [1.29, 1.82) is 0 Å². The first-order chi connectivity index (χ1) is 16.3. The van der Waals surface area contributed by atoms with Crippen molar-refractivity contribution < 1.29 is 19.4 Å². The molecule has 0 bridgehead atoms. The molecule has 0 aliphatic carbocycles. The molecule has 1 saturated heterocycles. The van der Waals surface area contributed by atoms with Crippen molar-refractivity contribution in [3.63, 3.8) is 0 Å². The minimum absolute atomic E-state index is 0.0634. The highest BCUT2D eigenvalue weighted by Crippen LogP contribution is 2.40. The molecule has 4 rings (SSSR count). The van der Waals surface area contributed by atoms with Crippen LogP contribution in [0, 0.1) is 19.1 Å². The standard InChI is InChI=1S/C28H32N2O4/c1-20-18-25(19-21(2)30(20)33)24-12-10-23(11-13-24)22(3)29-16-15-28(14-7-17-31,34-27(29)32)26-8-5-4-6-9-26/h4-6,8-13,18-19,22,31H,7,14-17H2,1-3H3/t22-,28?/m0/s1. The summed E-state index contributed by atoms with van der Waals surface area (Å²) in [7, 11) is 0. The fourth-order valence-corrected chi connectivity index (χ4v) is 4.84. The molecular weight excluding hydrogens is 428 g/mol. The third-order valence-electron chi connectivity index (χ3n) is 6.88. The number of amides is 1. The second kappa shape index (κ2) is 9.85. The van der Waals surface area contributed by atoms with Crippen molar-refractivity contribution in [1.82, 2.24) is 4.90 Å². The summed E-state index contributed by atoms with van der Waals surface area (Å²) in [6.07, 6.45) is 1.50. The number of hydrogen-bond donors (Lipinski definition) is 1. The van der Waals surface area contributed by atoms with Gasteiger partial charge in [-0.15, -0.1) is 0 Å². The van der Waals surface area contributed by atoms with E-state index in [2.05, 4.69) is 0 Å². The van der Waals surface area contributed by atoms with E-state index in [0.717, 1.165) is 27.0 Å². The van der Waals surface area contributed by atoms with Crippen LogP contribution in [-0.2, 0) is 10.3 Å². The predicted molar refractivity (Wildman–Crippen MR) is 131 cm³/mol. The first kappa shape index (κ1) is 23.8. The first-order valence-corrected chi connectivity index (χ1v) is 11.8. The van der Waals surface area contributed by atoms with Crippen molar-refractivity contribution in [2.45, 2.75) is 51.7 Å². The fraction of sp³-hybridized carbons (Fsp3) is 0.357. The summed E-state index contributed by atoms with van der Waals surface area (Å²) in [5, 5.41) is 21.3. The Bertz CT molecular complexity index is 1120. The van der Waals surface area contributed by atoms with Gasteiger partial charge in [0, 0.05) is 45.6 Å². The van der Waals surface area contributed by atoms with Crippen LogP contribution in [0.5, 0.6) is 0 Å². The Kier molecular flexibility index (Phi) is 6.89. The molecule has 2 heterocycles. The van der Waals surface area contributed by atoms with Crippen molar-refractivity contribution in [3.05, 3.63) is 94.5 Å². The average Bonchev–Trinajstić information content (AvgIpc) is 2.86. The zero-order valence-corrected chi connectivity index (χ0v) is 20.0. The lowest BCUT2D eigenvalue weighted by Crippen LogP contribution is -2.48. The highest BCUT2D eigenvalue weighted by atomic mass is 16.6. The fourth-order valence-electron chi connectivity index (χ4n) is 4.84. The van der Waals surface area contributed by atoms with Crippen LogP contribution in [0.3, 0.4) is 0 Å². The molecule has 1 unspecified atom stereocenters. The molecule has 1 fully saturated rings. The number of hydrogen-bond acceptors (Lipinski definition) is 4. The van der Waals surface area contributed by atoms with Crippen LogP contribution in [0.15, 0.2) is 66.7 Å². The van der Waals surface area contributed by atoms with Gasteiger partial charge in [0.25, 0.3) is 0 Å². The molecule has 34 heavy (non-hydrogen) atoms. The number of benzene rings is 2. The maximum atomic E-state index is 13.2. The van der Waals surface area contributed by atoms with Crippen molar-refractivity contribution >= 4 is 6.09 Å². The van der Waals surface area contributed by atoms with E-state index in [9.17, 15) is 15.1 Å². The quantitative estimate of drug-likeness (QED) is 0.390. The van der Waals surface area contributed by atoms with Gasteiger partial charge in [0.1, 0.15) is 5.60 Å². The number of pyridine rings is 1. The minimum Gasteiger partial charge on any atom is -0.618 e. The van der Waals surface area contributed by atoms with Gasteiger partial charge in [0.2, 0.25) is 0 Å². The number of rotatable bonds is 7. The molecular formula is C28H32N2O4. The van der Waals surface area contributed by atoms with Crippen molar-refractivity contribution in [3.8, 4) is 11.1 Å². The molecule has 1 aromatic heterocycles. The number of carbonyl (C=O) groups is 1. The third kappa shape index (κ3) is 4.64. The maximum absolute atomic E-state index is 13.2.